The van der Waals surface area contributed by atoms with E-state index in [1.807, 2.05) is 13.1 Å². The number of aromatic nitrogens is 1. The Bertz CT molecular complexity index is 296. The van der Waals surface area contributed by atoms with Crippen LogP contribution in [0.25, 0.3) is 0 Å². The standard InChI is InChI=1S/C11H15NO/c1-2-13-11-10-6-4-3-5-9(10)7-8-12-11/h7-8H,2-6H2,1H3. The lowest BCUT2D eigenvalue weighted by Gasteiger charge is -2.17. The quantitative estimate of drug-likeness (QED) is 0.691. The summed E-state index contributed by atoms with van der Waals surface area (Å²) in [5.41, 5.74) is 2.78. The van der Waals surface area contributed by atoms with Gasteiger partial charge in [-0.2, -0.15) is 0 Å². The molecule has 0 aromatic carbocycles. The molecule has 0 fully saturated rings. The molecule has 2 rings (SSSR count). The Morgan fingerprint density at radius 3 is 3.08 bits per heavy atom. The van der Waals surface area contributed by atoms with Gasteiger partial charge in [0.25, 0.3) is 0 Å². The van der Waals surface area contributed by atoms with Crippen LogP contribution in [-0.2, 0) is 12.8 Å². The van der Waals surface area contributed by atoms with Crippen molar-refractivity contribution >= 4 is 0 Å². The van der Waals surface area contributed by atoms with Crippen molar-refractivity contribution in [2.45, 2.75) is 32.6 Å². The largest absolute Gasteiger partial charge is 0.478 e. The Kier molecular flexibility index (Phi) is 2.48. The number of aryl methyl sites for hydroxylation is 1. The number of hydrogen-bond acceptors (Lipinski definition) is 2. The summed E-state index contributed by atoms with van der Waals surface area (Å²) in [6.45, 7) is 2.72. The van der Waals surface area contributed by atoms with E-state index in [9.17, 15) is 0 Å². The molecule has 1 aliphatic carbocycles. The Morgan fingerprint density at radius 2 is 2.23 bits per heavy atom. The van der Waals surface area contributed by atoms with Gasteiger partial charge < -0.3 is 4.74 Å². The summed E-state index contributed by atoms with van der Waals surface area (Å²) in [5.74, 6) is 0.861. The average molecular weight is 177 g/mol. The molecule has 70 valence electrons. The van der Waals surface area contributed by atoms with Crippen LogP contribution in [0.3, 0.4) is 0 Å². The summed E-state index contributed by atoms with van der Waals surface area (Å²) in [6.07, 6.45) is 6.77. The lowest BCUT2D eigenvalue weighted by atomic mass is 9.93. The summed E-state index contributed by atoms with van der Waals surface area (Å²) >= 11 is 0. The van der Waals surface area contributed by atoms with Crippen molar-refractivity contribution in [1.82, 2.24) is 4.98 Å². The molecular weight excluding hydrogens is 162 g/mol. The van der Waals surface area contributed by atoms with Crippen LogP contribution in [0.1, 0.15) is 30.9 Å². The summed E-state index contributed by atoms with van der Waals surface area (Å²) in [6, 6.07) is 2.12. The zero-order chi connectivity index (χ0) is 9.10. The van der Waals surface area contributed by atoms with Crippen LogP contribution in [0.2, 0.25) is 0 Å². The number of nitrogens with zero attached hydrogens (tertiary/aromatic N) is 1. The van der Waals surface area contributed by atoms with E-state index in [2.05, 4.69) is 11.1 Å². The van der Waals surface area contributed by atoms with Crippen LogP contribution in [0.4, 0.5) is 0 Å². The fourth-order valence-electron chi connectivity index (χ4n) is 1.89. The highest BCUT2D eigenvalue weighted by atomic mass is 16.5. The molecule has 0 N–H and O–H groups in total. The maximum absolute atomic E-state index is 5.49. The highest BCUT2D eigenvalue weighted by molar-refractivity contribution is 5.36. The van der Waals surface area contributed by atoms with Crippen molar-refractivity contribution < 1.29 is 4.74 Å². The molecule has 0 aliphatic heterocycles. The van der Waals surface area contributed by atoms with E-state index in [4.69, 9.17) is 4.74 Å². The maximum atomic E-state index is 5.49. The normalized spacial score (nSPS) is 15.2. The summed E-state index contributed by atoms with van der Waals surface area (Å²) in [5, 5.41) is 0. The fourth-order valence-corrected chi connectivity index (χ4v) is 1.89. The molecule has 0 unspecified atom stereocenters. The molecule has 2 heteroatoms. The summed E-state index contributed by atoms with van der Waals surface area (Å²) in [4.78, 5) is 4.26. The van der Waals surface area contributed by atoms with Gasteiger partial charge in [0.2, 0.25) is 5.88 Å². The van der Waals surface area contributed by atoms with E-state index in [0.717, 1.165) is 12.3 Å². The van der Waals surface area contributed by atoms with Gasteiger partial charge in [-0.15, -0.1) is 0 Å². The molecule has 0 radical (unpaired) electrons. The molecule has 0 spiro atoms. The van der Waals surface area contributed by atoms with Crippen LogP contribution in [0.15, 0.2) is 12.3 Å². The van der Waals surface area contributed by atoms with Crippen molar-refractivity contribution in [1.29, 1.82) is 0 Å². The smallest absolute Gasteiger partial charge is 0.216 e. The predicted octanol–water partition coefficient (Wildman–Crippen LogP) is 2.36. The third-order valence-electron chi connectivity index (χ3n) is 2.52. The van der Waals surface area contributed by atoms with E-state index in [1.165, 1.54) is 30.4 Å². The minimum absolute atomic E-state index is 0.712. The maximum Gasteiger partial charge on any atom is 0.216 e. The first-order valence-electron chi connectivity index (χ1n) is 5.01. The van der Waals surface area contributed by atoms with Gasteiger partial charge in [-0.05, 0) is 44.2 Å². The molecular formula is C11H15NO. The van der Waals surface area contributed by atoms with Crippen molar-refractivity contribution in [3.05, 3.63) is 23.4 Å². The molecule has 1 aliphatic rings. The molecule has 2 nitrogen and oxygen atoms in total. The van der Waals surface area contributed by atoms with Gasteiger partial charge in [-0.3, -0.25) is 0 Å². The van der Waals surface area contributed by atoms with Gasteiger partial charge >= 0.3 is 0 Å². The van der Waals surface area contributed by atoms with Crippen molar-refractivity contribution in [3.8, 4) is 5.88 Å². The second kappa shape index (κ2) is 3.77. The third kappa shape index (κ3) is 1.67. The summed E-state index contributed by atoms with van der Waals surface area (Å²) in [7, 11) is 0. The van der Waals surface area contributed by atoms with E-state index in [1.54, 1.807) is 0 Å². The van der Waals surface area contributed by atoms with Crippen LogP contribution >= 0.6 is 0 Å². The van der Waals surface area contributed by atoms with E-state index >= 15 is 0 Å². The number of hydrogen-bond donors (Lipinski definition) is 0. The zero-order valence-corrected chi connectivity index (χ0v) is 8.05. The number of rotatable bonds is 2. The molecule has 1 heterocycles. The molecule has 0 saturated carbocycles. The first-order chi connectivity index (χ1) is 6.42. The Morgan fingerprint density at radius 1 is 1.38 bits per heavy atom. The Balaban J connectivity index is 2.34. The second-order valence-electron chi connectivity index (χ2n) is 3.39. The molecule has 1 aromatic heterocycles. The zero-order valence-electron chi connectivity index (χ0n) is 8.05. The number of ether oxygens (including phenoxy) is 1. The fraction of sp³-hybridized carbons (Fsp3) is 0.545. The van der Waals surface area contributed by atoms with Crippen LogP contribution in [0.5, 0.6) is 5.88 Å². The first kappa shape index (κ1) is 8.54. The monoisotopic (exact) mass is 177 g/mol. The van der Waals surface area contributed by atoms with Crippen LogP contribution < -0.4 is 4.74 Å². The molecule has 13 heavy (non-hydrogen) atoms. The van der Waals surface area contributed by atoms with E-state index < -0.39 is 0 Å². The minimum Gasteiger partial charge on any atom is -0.478 e. The van der Waals surface area contributed by atoms with Gasteiger partial charge in [0, 0.05) is 11.8 Å². The lowest BCUT2D eigenvalue weighted by molar-refractivity contribution is 0.321. The lowest BCUT2D eigenvalue weighted by Crippen LogP contribution is -2.07. The van der Waals surface area contributed by atoms with Crippen molar-refractivity contribution in [2.24, 2.45) is 0 Å². The van der Waals surface area contributed by atoms with Gasteiger partial charge in [0.1, 0.15) is 0 Å². The van der Waals surface area contributed by atoms with E-state index in [0.29, 0.717) is 6.61 Å². The minimum atomic E-state index is 0.712. The third-order valence-corrected chi connectivity index (χ3v) is 2.52. The molecule has 1 aromatic rings. The first-order valence-corrected chi connectivity index (χ1v) is 5.01. The topological polar surface area (TPSA) is 22.1 Å². The summed E-state index contributed by atoms with van der Waals surface area (Å²) < 4.78 is 5.49. The molecule has 0 saturated heterocycles. The van der Waals surface area contributed by atoms with Gasteiger partial charge in [0.05, 0.1) is 6.61 Å². The molecule has 0 amide bonds. The second-order valence-corrected chi connectivity index (χ2v) is 3.39. The Labute approximate surface area is 78.9 Å². The van der Waals surface area contributed by atoms with Crippen molar-refractivity contribution in [3.63, 3.8) is 0 Å². The van der Waals surface area contributed by atoms with E-state index in [-0.39, 0.29) is 0 Å². The predicted molar refractivity (Wildman–Crippen MR) is 52.0 cm³/mol. The highest BCUT2D eigenvalue weighted by Gasteiger charge is 2.14. The van der Waals surface area contributed by atoms with Crippen LogP contribution in [0, 0.1) is 0 Å². The van der Waals surface area contributed by atoms with Gasteiger partial charge in [0.15, 0.2) is 0 Å². The Hall–Kier alpha value is -1.05. The average Bonchev–Trinajstić information content (AvgIpc) is 2.19. The molecule has 0 atom stereocenters. The van der Waals surface area contributed by atoms with Crippen molar-refractivity contribution in [2.75, 3.05) is 6.61 Å². The van der Waals surface area contributed by atoms with Gasteiger partial charge in [-0.25, -0.2) is 4.98 Å². The number of pyridine rings is 1. The molecule has 0 bridgehead atoms. The SMILES string of the molecule is CCOc1nccc2c1CCCC2. The highest BCUT2D eigenvalue weighted by Crippen LogP contribution is 2.27. The number of fused-ring (bicyclic) bond motifs is 1. The van der Waals surface area contributed by atoms with Crippen LogP contribution in [-0.4, -0.2) is 11.6 Å². The van der Waals surface area contributed by atoms with Gasteiger partial charge in [-0.1, -0.05) is 0 Å².